The van der Waals surface area contributed by atoms with Crippen LogP contribution in [0.25, 0.3) is 0 Å². The first kappa shape index (κ1) is 13.2. The first-order chi connectivity index (χ1) is 8.43. The van der Waals surface area contributed by atoms with E-state index in [2.05, 4.69) is 20.5 Å². The highest BCUT2D eigenvalue weighted by Crippen LogP contribution is 2.25. The fraction of sp³-hybridized carbons (Fsp3) is 0.400. The molecular weight excluding hydrogens is 290 g/mol. The van der Waals surface area contributed by atoms with E-state index in [1.807, 2.05) is 20.8 Å². The number of aromatic nitrogens is 3. The van der Waals surface area contributed by atoms with Gasteiger partial charge in [0.15, 0.2) is 15.6 Å². The molecule has 0 aromatic carbocycles. The van der Waals surface area contributed by atoms with Crippen LogP contribution in [-0.4, -0.2) is 14.2 Å². The highest BCUT2D eigenvalue weighted by Gasteiger charge is 2.20. The van der Waals surface area contributed by atoms with E-state index in [0.29, 0.717) is 21.2 Å². The Morgan fingerprint density at radius 3 is 2.72 bits per heavy atom. The second kappa shape index (κ2) is 4.80. The minimum atomic E-state index is -0.255. The van der Waals surface area contributed by atoms with Gasteiger partial charge < -0.3 is 0 Å². The van der Waals surface area contributed by atoms with Gasteiger partial charge in [0.2, 0.25) is 0 Å². The molecule has 2 heterocycles. The third-order valence-electron chi connectivity index (χ3n) is 2.12. The maximum Gasteiger partial charge on any atom is 0.179 e. The van der Waals surface area contributed by atoms with Gasteiger partial charge in [-0.3, -0.25) is 0 Å². The molecule has 0 saturated carbocycles. The van der Waals surface area contributed by atoms with E-state index in [0.717, 1.165) is 0 Å². The van der Waals surface area contributed by atoms with Crippen molar-refractivity contribution >= 4 is 38.3 Å². The second-order valence-electron chi connectivity index (χ2n) is 4.53. The molecule has 0 spiro atoms. The van der Waals surface area contributed by atoms with Crippen LogP contribution in [0.5, 0.6) is 0 Å². The third-order valence-corrected chi connectivity index (χ3v) is 4.29. The second-order valence-corrected chi connectivity index (χ2v) is 6.72. The maximum absolute atomic E-state index is 9.09. The van der Waals surface area contributed by atoms with E-state index in [-0.39, 0.29) is 5.54 Å². The van der Waals surface area contributed by atoms with Crippen LogP contribution in [0.2, 0.25) is 5.15 Å². The Hall–Kier alpha value is -1.23. The molecule has 2 aromatic rings. The fourth-order valence-corrected chi connectivity index (χ4v) is 3.31. The summed E-state index contributed by atoms with van der Waals surface area (Å²) < 4.78 is 6.28. The monoisotopic (exact) mass is 299 g/mol. The lowest BCUT2D eigenvalue weighted by molar-refractivity contribution is 0.359. The average Bonchev–Trinajstić information content (AvgIpc) is 2.85. The van der Waals surface area contributed by atoms with Gasteiger partial charge >= 0.3 is 0 Å². The van der Waals surface area contributed by atoms with Crippen LogP contribution >= 0.6 is 32.5 Å². The van der Waals surface area contributed by atoms with E-state index in [4.69, 9.17) is 16.9 Å². The van der Waals surface area contributed by atoms with Crippen LogP contribution in [-0.2, 0) is 5.54 Å². The zero-order chi connectivity index (χ0) is 13.3. The summed E-state index contributed by atoms with van der Waals surface area (Å²) in [4.78, 5) is 4.41. The molecule has 2 aromatic heterocycles. The minimum Gasteiger partial charge on any atom is -0.241 e. The van der Waals surface area contributed by atoms with Crippen molar-refractivity contribution in [2.75, 3.05) is 0 Å². The Bertz CT molecular complexity index is 667. The van der Waals surface area contributed by atoms with Crippen LogP contribution in [0, 0.1) is 11.3 Å². The number of nitrogens with zero attached hydrogens (tertiary/aromatic N) is 5. The molecule has 0 N–H and O–H groups in total. The predicted molar refractivity (Wildman–Crippen MR) is 72.2 cm³/mol. The molecule has 0 saturated heterocycles. The highest BCUT2D eigenvalue weighted by atomic mass is 35.5. The van der Waals surface area contributed by atoms with E-state index in [1.165, 1.54) is 27.1 Å². The Kier molecular flexibility index (Phi) is 3.52. The molecule has 0 aliphatic carbocycles. The number of halogens is 1. The van der Waals surface area contributed by atoms with Crippen molar-refractivity contribution in [1.82, 2.24) is 14.2 Å². The molecule has 2 rings (SSSR count). The molecule has 94 valence electrons. The SMILES string of the molecule is CC(C)(C)n1ncc(C#N)c1/N=c1\ssnc1Cl. The molecule has 0 radical (unpaired) electrons. The summed E-state index contributed by atoms with van der Waals surface area (Å²) in [6.45, 7) is 5.99. The van der Waals surface area contributed by atoms with Gasteiger partial charge in [0.1, 0.15) is 11.6 Å². The topological polar surface area (TPSA) is 66.9 Å². The van der Waals surface area contributed by atoms with Gasteiger partial charge in [-0.25, -0.2) is 9.67 Å². The molecule has 0 unspecified atom stereocenters. The summed E-state index contributed by atoms with van der Waals surface area (Å²) >= 11 is 5.92. The van der Waals surface area contributed by atoms with Gasteiger partial charge in [0, 0.05) is 10.5 Å². The lowest BCUT2D eigenvalue weighted by atomic mass is 10.1. The van der Waals surface area contributed by atoms with Gasteiger partial charge in [-0.05, 0) is 31.1 Å². The zero-order valence-corrected chi connectivity index (χ0v) is 12.4. The van der Waals surface area contributed by atoms with E-state index in [1.54, 1.807) is 4.68 Å². The van der Waals surface area contributed by atoms with Gasteiger partial charge in [-0.15, -0.1) is 0 Å². The van der Waals surface area contributed by atoms with Gasteiger partial charge in [-0.2, -0.15) is 14.7 Å². The van der Waals surface area contributed by atoms with Crippen molar-refractivity contribution in [3.8, 4) is 6.07 Å². The molecule has 0 aliphatic rings. The van der Waals surface area contributed by atoms with Crippen molar-refractivity contribution < 1.29 is 0 Å². The highest BCUT2D eigenvalue weighted by molar-refractivity contribution is 7.66. The van der Waals surface area contributed by atoms with E-state index < -0.39 is 0 Å². The summed E-state index contributed by atoms with van der Waals surface area (Å²) in [6, 6.07) is 2.09. The van der Waals surface area contributed by atoms with Crippen LogP contribution in [0.3, 0.4) is 0 Å². The van der Waals surface area contributed by atoms with Gasteiger partial charge in [0.05, 0.1) is 11.7 Å². The molecule has 8 heteroatoms. The summed E-state index contributed by atoms with van der Waals surface area (Å²) in [5.41, 5.74) is 0.175. The molecule has 0 bridgehead atoms. The first-order valence-electron chi connectivity index (χ1n) is 5.08. The van der Waals surface area contributed by atoms with E-state index in [9.17, 15) is 0 Å². The smallest absolute Gasteiger partial charge is 0.179 e. The third kappa shape index (κ3) is 2.46. The number of nitriles is 1. The van der Waals surface area contributed by atoms with Crippen LogP contribution in [0.15, 0.2) is 11.2 Å². The standard InChI is InChI=1S/C10H10ClN5S2/c1-10(2,3)16-8(6(4-12)5-13-16)14-9-7(11)15-18-17-9/h5H,1-3H3/b14-9-. The molecule has 0 fully saturated rings. The minimum absolute atomic E-state index is 0.255. The largest absolute Gasteiger partial charge is 0.241 e. The zero-order valence-electron chi connectivity index (χ0n) is 10.0. The predicted octanol–water partition coefficient (Wildman–Crippen LogP) is 2.91. The van der Waals surface area contributed by atoms with Gasteiger partial charge in [0.25, 0.3) is 0 Å². The molecule has 5 nitrogen and oxygen atoms in total. The normalized spacial score (nSPS) is 12.7. The van der Waals surface area contributed by atoms with Crippen LogP contribution in [0.4, 0.5) is 5.82 Å². The lowest BCUT2D eigenvalue weighted by Crippen LogP contribution is -2.23. The Morgan fingerprint density at radius 1 is 1.50 bits per heavy atom. The van der Waals surface area contributed by atoms with Crippen molar-refractivity contribution in [2.45, 2.75) is 26.3 Å². The summed E-state index contributed by atoms with van der Waals surface area (Å²) in [5, 5.41) is 13.7. The number of hydrogen-bond donors (Lipinski definition) is 0. The molecule has 0 aliphatic heterocycles. The molecule has 18 heavy (non-hydrogen) atoms. The Balaban J connectivity index is 2.68. The van der Waals surface area contributed by atoms with Crippen LogP contribution in [0.1, 0.15) is 26.3 Å². The molecule has 0 amide bonds. The van der Waals surface area contributed by atoms with Crippen molar-refractivity contribution in [3.05, 3.63) is 21.6 Å². The quantitative estimate of drug-likeness (QED) is 0.760. The van der Waals surface area contributed by atoms with Crippen LogP contribution < -0.4 is 4.67 Å². The molecular formula is C10H10ClN5S2. The summed E-state index contributed by atoms with van der Waals surface area (Å²) in [5.74, 6) is 0.517. The summed E-state index contributed by atoms with van der Waals surface area (Å²) in [7, 11) is 2.64. The molecule has 0 atom stereocenters. The number of rotatable bonds is 1. The fourth-order valence-electron chi connectivity index (χ4n) is 1.34. The van der Waals surface area contributed by atoms with Crippen molar-refractivity contribution in [3.63, 3.8) is 0 Å². The first-order valence-corrected chi connectivity index (χ1v) is 7.57. The lowest BCUT2D eigenvalue weighted by Gasteiger charge is -2.20. The summed E-state index contributed by atoms with van der Waals surface area (Å²) in [6.07, 6.45) is 1.52. The van der Waals surface area contributed by atoms with E-state index >= 15 is 0 Å². The Morgan fingerprint density at radius 2 is 2.22 bits per heavy atom. The Labute approximate surface area is 117 Å². The maximum atomic E-state index is 9.09. The number of hydrogen-bond acceptors (Lipinski definition) is 6. The average molecular weight is 300 g/mol. The van der Waals surface area contributed by atoms with Crippen molar-refractivity contribution in [1.29, 1.82) is 5.26 Å². The van der Waals surface area contributed by atoms with Crippen molar-refractivity contribution in [2.24, 2.45) is 4.99 Å². The van der Waals surface area contributed by atoms with Gasteiger partial charge in [-0.1, -0.05) is 11.6 Å².